The number of nitrogens with two attached hydrogens (primary N) is 1. The molecule has 0 bridgehead atoms. The highest BCUT2D eigenvalue weighted by Gasteiger charge is 2.22. The first-order chi connectivity index (χ1) is 13.1. The number of aliphatic hydroxyl groups is 1. The first kappa shape index (κ1) is 19.7. The van der Waals surface area contributed by atoms with Gasteiger partial charge in [-0.25, -0.2) is 0 Å². The van der Waals surface area contributed by atoms with Gasteiger partial charge >= 0.3 is 0 Å². The minimum Gasteiger partial charge on any atom is -0.387 e. The molecule has 0 amide bonds. The first-order valence-corrected chi connectivity index (χ1v) is 10.4. The average molecular weight is 378 g/mol. The predicted octanol–water partition coefficient (Wildman–Crippen LogP) is 5.22. The fourth-order valence-electron chi connectivity index (χ4n) is 3.15. The van der Waals surface area contributed by atoms with Crippen molar-refractivity contribution < 1.29 is 5.11 Å². The summed E-state index contributed by atoms with van der Waals surface area (Å²) in [7, 11) is 0. The maximum atomic E-state index is 10.5. The van der Waals surface area contributed by atoms with Crippen molar-refractivity contribution in [3.05, 3.63) is 102 Å². The zero-order valence-electron chi connectivity index (χ0n) is 15.7. The quantitative estimate of drug-likeness (QED) is 0.529. The van der Waals surface area contributed by atoms with Crippen LogP contribution in [-0.4, -0.2) is 11.1 Å². The maximum absolute atomic E-state index is 10.5. The van der Waals surface area contributed by atoms with Gasteiger partial charge in [-0.2, -0.15) is 0 Å². The first-order valence-electron chi connectivity index (χ1n) is 9.38. The van der Waals surface area contributed by atoms with Crippen LogP contribution < -0.4 is 5.73 Å². The molecule has 0 fully saturated rings. The molecule has 3 atom stereocenters. The summed E-state index contributed by atoms with van der Waals surface area (Å²) < 4.78 is 0. The Morgan fingerprint density at radius 2 is 1.41 bits per heavy atom. The van der Waals surface area contributed by atoms with Crippen molar-refractivity contribution >= 4 is 11.8 Å². The van der Waals surface area contributed by atoms with Crippen molar-refractivity contribution in [3.8, 4) is 0 Å². The summed E-state index contributed by atoms with van der Waals surface area (Å²) in [5, 5.41) is 10.5. The molecule has 0 saturated heterocycles. The fraction of sp³-hybridized carbons (Fsp3) is 0.250. The summed E-state index contributed by atoms with van der Waals surface area (Å²) in [6.45, 7) is 2.11. The van der Waals surface area contributed by atoms with Gasteiger partial charge in [-0.05, 0) is 41.2 Å². The summed E-state index contributed by atoms with van der Waals surface area (Å²) in [4.78, 5) is 1.27. The van der Waals surface area contributed by atoms with Gasteiger partial charge in [0.05, 0.1) is 6.10 Å². The highest BCUT2D eigenvalue weighted by molar-refractivity contribution is 7.98. The van der Waals surface area contributed by atoms with Gasteiger partial charge in [-0.3, -0.25) is 0 Å². The van der Waals surface area contributed by atoms with Gasteiger partial charge in [-0.15, -0.1) is 11.8 Å². The molecule has 2 nitrogen and oxygen atoms in total. The van der Waals surface area contributed by atoms with E-state index in [2.05, 4.69) is 55.5 Å². The molecule has 0 aliphatic heterocycles. The van der Waals surface area contributed by atoms with Crippen LogP contribution in [0.15, 0.2) is 89.8 Å². The third-order valence-corrected chi connectivity index (χ3v) is 5.98. The Bertz CT molecular complexity index is 805. The van der Waals surface area contributed by atoms with Gasteiger partial charge in [0.15, 0.2) is 0 Å². The van der Waals surface area contributed by atoms with E-state index in [4.69, 9.17) is 5.73 Å². The zero-order chi connectivity index (χ0) is 19.1. The van der Waals surface area contributed by atoms with Gasteiger partial charge in [0, 0.05) is 16.7 Å². The third-order valence-electron chi connectivity index (χ3n) is 4.89. The van der Waals surface area contributed by atoms with Crippen LogP contribution in [0, 0.1) is 5.92 Å². The van der Waals surface area contributed by atoms with Gasteiger partial charge in [0.25, 0.3) is 0 Å². The lowest BCUT2D eigenvalue weighted by Crippen LogP contribution is -2.36. The molecule has 1 unspecified atom stereocenters. The van der Waals surface area contributed by atoms with E-state index in [0.717, 1.165) is 17.7 Å². The molecule has 3 N–H and O–H groups in total. The smallest absolute Gasteiger partial charge is 0.0943 e. The summed E-state index contributed by atoms with van der Waals surface area (Å²) in [5.74, 6) is 1.16. The topological polar surface area (TPSA) is 46.2 Å². The largest absolute Gasteiger partial charge is 0.387 e. The molecule has 0 aliphatic rings. The van der Waals surface area contributed by atoms with Crippen LogP contribution in [0.5, 0.6) is 0 Å². The van der Waals surface area contributed by atoms with Crippen LogP contribution in [0.4, 0.5) is 0 Å². The molecule has 0 spiro atoms. The van der Waals surface area contributed by atoms with Crippen molar-refractivity contribution in [1.82, 2.24) is 0 Å². The Morgan fingerprint density at radius 1 is 0.815 bits per heavy atom. The summed E-state index contributed by atoms with van der Waals surface area (Å²) >= 11 is 1.84. The molecule has 27 heavy (non-hydrogen) atoms. The van der Waals surface area contributed by atoms with Crippen molar-refractivity contribution in [2.45, 2.75) is 36.1 Å². The van der Waals surface area contributed by atoms with E-state index in [-0.39, 0.29) is 12.0 Å². The second-order valence-electron chi connectivity index (χ2n) is 7.03. The van der Waals surface area contributed by atoms with Crippen LogP contribution >= 0.6 is 11.8 Å². The molecule has 0 aliphatic carbocycles. The molecule has 3 aromatic rings. The lowest BCUT2D eigenvalue weighted by atomic mass is 9.88. The second-order valence-corrected chi connectivity index (χ2v) is 8.08. The summed E-state index contributed by atoms with van der Waals surface area (Å²) in [6.07, 6.45) is 0.219. The molecule has 3 heteroatoms. The third kappa shape index (κ3) is 5.70. The molecule has 0 heterocycles. The van der Waals surface area contributed by atoms with Gasteiger partial charge in [0.1, 0.15) is 0 Å². The second kappa shape index (κ2) is 9.75. The zero-order valence-corrected chi connectivity index (χ0v) is 16.5. The lowest BCUT2D eigenvalue weighted by molar-refractivity contribution is 0.121. The van der Waals surface area contributed by atoms with Gasteiger partial charge in [0.2, 0.25) is 0 Å². The number of benzene rings is 3. The van der Waals surface area contributed by atoms with E-state index >= 15 is 0 Å². The molecule has 0 aromatic heterocycles. The van der Waals surface area contributed by atoms with Crippen molar-refractivity contribution in [1.29, 1.82) is 0 Å². The van der Waals surface area contributed by atoms with Crippen LogP contribution in [0.1, 0.15) is 29.7 Å². The van der Waals surface area contributed by atoms with Crippen molar-refractivity contribution in [2.24, 2.45) is 11.7 Å². The number of hydrogen-bond acceptors (Lipinski definition) is 3. The molecular formula is C24H27NOS. The Labute approximate surface area is 166 Å². The van der Waals surface area contributed by atoms with E-state index in [1.165, 1.54) is 16.0 Å². The number of thioether (sulfide) groups is 1. The highest BCUT2D eigenvalue weighted by atomic mass is 32.2. The molecule has 0 saturated carbocycles. The SMILES string of the molecule is CC(Cc1ccc(SCc2ccccc2)cc1)[C@@H](N)[C@H](O)c1ccccc1. The minimum atomic E-state index is -0.637. The normalized spacial score (nSPS) is 14.5. The van der Waals surface area contributed by atoms with E-state index in [1.807, 2.05) is 48.2 Å². The van der Waals surface area contributed by atoms with Crippen LogP contribution in [0.25, 0.3) is 0 Å². The Kier molecular flexibility index (Phi) is 7.11. The van der Waals surface area contributed by atoms with Crippen LogP contribution in [-0.2, 0) is 12.2 Å². The Morgan fingerprint density at radius 3 is 2.04 bits per heavy atom. The fourth-order valence-corrected chi connectivity index (χ4v) is 4.01. The number of rotatable bonds is 8. The molecule has 3 aromatic carbocycles. The van der Waals surface area contributed by atoms with Crippen molar-refractivity contribution in [3.63, 3.8) is 0 Å². The summed E-state index contributed by atoms with van der Waals surface area (Å²) in [6, 6.07) is 28.6. The standard InChI is InChI=1S/C24H27NOS/c1-18(23(25)24(26)21-10-6-3-7-11-21)16-19-12-14-22(15-13-19)27-17-20-8-4-2-5-9-20/h2-15,18,23-24,26H,16-17,25H2,1H3/t18?,23-,24-/m1/s1. The Hall–Kier alpha value is -2.07. The van der Waals surface area contributed by atoms with Gasteiger partial charge < -0.3 is 10.8 Å². The Balaban J connectivity index is 1.54. The predicted molar refractivity (Wildman–Crippen MR) is 115 cm³/mol. The number of hydrogen-bond donors (Lipinski definition) is 2. The van der Waals surface area contributed by atoms with Gasteiger partial charge in [-0.1, -0.05) is 79.7 Å². The minimum absolute atomic E-state index is 0.183. The molecule has 140 valence electrons. The van der Waals surface area contributed by atoms with Crippen LogP contribution in [0.3, 0.4) is 0 Å². The number of aliphatic hydroxyl groups excluding tert-OH is 1. The molecular weight excluding hydrogens is 350 g/mol. The molecule has 0 radical (unpaired) electrons. The van der Waals surface area contributed by atoms with E-state index in [9.17, 15) is 5.11 Å². The van der Waals surface area contributed by atoms with Crippen molar-refractivity contribution in [2.75, 3.05) is 0 Å². The lowest BCUT2D eigenvalue weighted by Gasteiger charge is -2.25. The van der Waals surface area contributed by atoms with E-state index in [0.29, 0.717) is 0 Å². The molecule has 3 rings (SSSR count). The maximum Gasteiger partial charge on any atom is 0.0943 e. The van der Waals surface area contributed by atoms with Crippen LogP contribution in [0.2, 0.25) is 0 Å². The summed E-state index contributed by atoms with van der Waals surface area (Å²) in [5.41, 5.74) is 9.79. The average Bonchev–Trinajstić information content (AvgIpc) is 2.73. The highest BCUT2D eigenvalue weighted by Crippen LogP contribution is 2.26. The van der Waals surface area contributed by atoms with E-state index in [1.54, 1.807) is 0 Å². The van der Waals surface area contributed by atoms with E-state index < -0.39 is 6.10 Å². The monoisotopic (exact) mass is 377 g/mol.